The first-order valence-corrected chi connectivity index (χ1v) is 7.00. The van der Waals surface area contributed by atoms with Crippen molar-refractivity contribution in [2.24, 2.45) is 0 Å². The molecule has 3 aromatic rings. The molecule has 0 fully saturated rings. The van der Waals surface area contributed by atoms with Gasteiger partial charge in [0.1, 0.15) is 5.75 Å². The monoisotopic (exact) mass is 288 g/mol. The van der Waals surface area contributed by atoms with Gasteiger partial charge in [-0.15, -0.1) is 0 Å². The predicted octanol–water partition coefficient (Wildman–Crippen LogP) is 3.62. The van der Waals surface area contributed by atoms with Gasteiger partial charge in [0, 0.05) is 16.7 Å². The van der Waals surface area contributed by atoms with E-state index in [-0.39, 0.29) is 11.6 Å². The highest BCUT2D eigenvalue weighted by molar-refractivity contribution is 6.30. The first-order chi connectivity index (χ1) is 10.7. The molecule has 0 heterocycles. The van der Waals surface area contributed by atoms with Crippen LogP contribution in [0.25, 0.3) is 10.8 Å². The van der Waals surface area contributed by atoms with Crippen molar-refractivity contribution in [3.63, 3.8) is 0 Å². The smallest absolute Gasteiger partial charge is 0.198 e. The van der Waals surface area contributed by atoms with Crippen LogP contribution < -0.4 is 4.74 Å². The van der Waals surface area contributed by atoms with Gasteiger partial charge < -0.3 is 4.74 Å². The zero-order valence-corrected chi connectivity index (χ0v) is 11.9. The van der Waals surface area contributed by atoms with Gasteiger partial charge in [-0.3, -0.25) is 9.59 Å². The average molecular weight is 288 g/mol. The van der Waals surface area contributed by atoms with E-state index < -0.39 is 0 Å². The Bertz CT molecular complexity index is 954. The number of fused-ring (bicyclic) bond motifs is 3. The molecule has 0 aliphatic heterocycles. The lowest BCUT2D eigenvalue weighted by molar-refractivity contribution is 0.0977. The van der Waals surface area contributed by atoms with Crippen molar-refractivity contribution in [2.45, 2.75) is 0 Å². The minimum atomic E-state index is -0.159. The van der Waals surface area contributed by atoms with E-state index in [0.29, 0.717) is 28.0 Å². The van der Waals surface area contributed by atoms with Crippen LogP contribution >= 0.6 is 0 Å². The van der Waals surface area contributed by atoms with Crippen molar-refractivity contribution >= 4 is 22.3 Å². The van der Waals surface area contributed by atoms with Crippen molar-refractivity contribution in [3.05, 3.63) is 76.9 Å². The van der Waals surface area contributed by atoms with Crippen LogP contribution in [0.3, 0.4) is 0 Å². The molecule has 22 heavy (non-hydrogen) atoms. The third-order valence-corrected chi connectivity index (χ3v) is 4.09. The normalized spacial score (nSPS) is 13.0. The Morgan fingerprint density at radius 1 is 0.727 bits per heavy atom. The highest BCUT2D eigenvalue weighted by Gasteiger charge is 2.32. The highest BCUT2D eigenvalue weighted by Crippen LogP contribution is 2.34. The molecule has 4 rings (SSSR count). The third kappa shape index (κ3) is 1.62. The van der Waals surface area contributed by atoms with Gasteiger partial charge in [0.2, 0.25) is 0 Å². The molecule has 0 spiro atoms. The number of carbonyl (C=O) groups is 2. The Kier molecular flexibility index (Phi) is 2.63. The Morgan fingerprint density at radius 2 is 1.36 bits per heavy atom. The van der Waals surface area contributed by atoms with E-state index in [1.54, 1.807) is 30.3 Å². The second-order valence-electron chi connectivity index (χ2n) is 5.29. The minimum absolute atomic E-state index is 0.130. The summed E-state index contributed by atoms with van der Waals surface area (Å²) >= 11 is 0. The number of methoxy groups -OCH3 is 1. The van der Waals surface area contributed by atoms with Crippen molar-refractivity contribution in [3.8, 4) is 5.75 Å². The Morgan fingerprint density at radius 3 is 2.00 bits per heavy atom. The fourth-order valence-electron chi connectivity index (χ4n) is 3.02. The van der Waals surface area contributed by atoms with Gasteiger partial charge in [-0.25, -0.2) is 0 Å². The molecule has 0 aromatic heterocycles. The maximum atomic E-state index is 12.8. The standard InChI is InChI=1S/C19H12O3/c1-22-16-8-4-7-13-17(16)19(21)15-10-12-6-3-2-5-11(12)9-14(15)18(13)20/h2-10H,1H3. The minimum Gasteiger partial charge on any atom is -0.496 e. The molecule has 0 radical (unpaired) electrons. The summed E-state index contributed by atoms with van der Waals surface area (Å²) in [6.07, 6.45) is 0. The molecule has 0 bridgehead atoms. The number of benzene rings is 3. The number of rotatable bonds is 1. The zero-order valence-electron chi connectivity index (χ0n) is 11.9. The van der Waals surface area contributed by atoms with Crippen LogP contribution in [0.2, 0.25) is 0 Å². The summed E-state index contributed by atoms with van der Waals surface area (Å²) in [7, 11) is 1.50. The molecule has 1 aliphatic carbocycles. The molecular weight excluding hydrogens is 276 g/mol. The predicted molar refractivity (Wildman–Crippen MR) is 83.8 cm³/mol. The third-order valence-electron chi connectivity index (χ3n) is 4.09. The zero-order chi connectivity index (χ0) is 15.3. The summed E-state index contributed by atoms with van der Waals surface area (Å²) in [4.78, 5) is 25.6. The topological polar surface area (TPSA) is 43.4 Å². The number of hydrogen-bond donors (Lipinski definition) is 0. The molecule has 3 nitrogen and oxygen atoms in total. The SMILES string of the molecule is COc1cccc2c1C(=O)c1cc3ccccc3cc1C2=O. The summed E-state index contributed by atoms with van der Waals surface area (Å²) in [5.41, 5.74) is 1.68. The average Bonchev–Trinajstić information content (AvgIpc) is 2.57. The first kappa shape index (κ1) is 12.8. The van der Waals surface area contributed by atoms with Crippen molar-refractivity contribution in [2.75, 3.05) is 7.11 Å². The largest absolute Gasteiger partial charge is 0.496 e. The summed E-state index contributed by atoms with van der Waals surface area (Å²) < 4.78 is 5.26. The van der Waals surface area contributed by atoms with Gasteiger partial charge in [-0.1, -0.05) is 36.4 Å². The van der Waals surface area contributed by atoms with Gasteiger partial charge in [0.25, 0.3) is 0 Å². The van der Waals surface area contributed by atoms with Crippen LogP contribution in [0, 0.1) is 0 Å². The summed E-state index contributed by atoms with van der Waals surface area (Å²) in [5, 5.41) is 1.90. The van der Waals surface area contributed by atoms with Gasteiger partial charge in [-0.05, 0) is 29.0 Å². The molecule has 106 valence electrons. The molecular formula is C19H12O3. The molecule has 0 saturated carbocycles. The van der Waals surface area contributed by atoms with Crippen LogP contribution in [0.4, 0.5) is 0 Å². The maximum Gasteiger partial charge on any atom is 0.198 e. The van der Waals surface area contributed by atoms with Gasteiger partial charge in [0.05, 0.1) is 12.7 Å². The van der Waals surface area contributed by atoms with E-state index in [4.69, 9.17) is 4.74 Å². The maximum absolute atomic E-state index is 12.8. The highest BCUT2D eigenvalue weighted by atomic mass is 16.5. The van der Waals surface area contributed by atoms with E-state index in [1.165, 1.54) is 7.11 Å². The Hall–Kier alpha value is -2.94. The lowest BCUT2D eigenvalue weighted by atomic mass is 9.82. The van der Waals surface area contributed by atoms with Crippen LogP contribution in [-0.4, -0.2) is 18.7 Å². The Labute approximate surface area is 127 Å². The molecule has 0 saturated heterocycles. The fourth-order valence-corrected chi connectivity index (χ4v) is 3.02. The van der Waals surface area contributed by atoms with E-state index in [0.717, 1.165) is 10.8 Å². The second kappa shape index (κ2) is 4.53. The molecule has 0 unspecified atom stereocenters. The lowest BCUT2D eigenvalue weighted by Gasteiger charge is -2.20. The van der Waals surface area contributed by atoms with Gasteiger partial charge in [-0.2, -0.15) is 0 Å². The van der Waals surface area contributed by atoms with Crippen LogP contribution in [-0.2, 0) is 0 Å². The van der Waals surface area contributed by atoms with Crippen LogP contribution in [0.1, 0.15) is 31.8 Å². The molecule has 3 aromatic carbocycles. The lowest BCUT2D eigenvalue weighted by Crippen LogP contribution is -2.21. The fraction of sp³-hybridized carbons (Fsp3) is 0.0526. The molecule has 0 amide bonds. The summed E-state index contributed by atoms with van der Waals surface area (Å²) in [6.45, 7) is 0. The van der Waals surface area contributed by atoms with Crippen LogP contribution in [0.5, 0.6) is 5.75 Å². The van der Waals surface area contributed by atoms with E-state index in [1.807, 2.05) is 24.3 Å². The van der Waals surface area contributed by atoms with Crippen molar-refractivity contribution in [1.29, 1.82) is 0 Å². The number of ketones is 2. The molecule has 0 atom stereocenters. The summed E-state index contributed by atoms with van der Waals surface area (Å²) in [5.74, 6) is 0.150. The van der Waals surface area contributed by atoms with E-state index >= 15 is 0 Å². The van der Waals surface area contributed by atoms with Gasteiger partial charge in [0.15, 0.2) is 11.6 Å². The number of carbonyl (C=O) groups excluding carboxylic acids is 2. The first-order valence-electron chi connectivity index (χ1n) is 7.00. The second-order valence-corrected chi connectivity index (χ2v) is 5.29. The molecule has 3 heteroatoms. The number of ether oxygens (including phenoxy) is 1. The molecule has 0 N–H and O–H groups in total. The van der Waals surface area contributed by atoms with E-state index in [9.17, 15) is 9.59 Å². The quantitative estimate of drug-likeness (QED) is 0.537. The molecule has 1 aliphatic rings. The summed E-state index contributed by atoms with van der Waals surface area (Å²) in [6, 6.07) is 16.4. The van der Waals surface area contributed by atoms with Crippen molar-refractivity contribution < 1.29 is 14.3 Å². The van der Waals surface area contributed by atoms with E-state index in [2.05, 4.69) is 0 Å². The van der Waals surface area contributed by atoms with Crippen LogP contribution in [0.15, 0.2) is 54.6 Å². The Balaban J connectivity index is 2.06. The van der Waals surface area contributed by atoms with Crippen molar-refractivity contribution in [1.82, 2.24) is 0 Å². The number of hydrogen-bond acceptors (Lipinski definition) is 3. The van der Waals surface area contributed by atoms with Gasteiger partial charge >= 0.3 is 0 Å².